The van der Waals surface area contributed by atoms with Gasteiger partial charge in [-0.25, -0.2) is 8.42 Å². The monoisotopic (exact) mass is 571 g/mol. The number of rotatable bonds is 8. The van der Waals surface area contributed by atoms with Gasteiger partial charge in [0.05, 0.1) is 36.6 Å². The number of β-amino-alcohol motifs (C(OH)–C–C–N with tert-alkyl or cyclic N) is 1. The highest BCUT2D eigenvalue weighted by atomic mass is 32.2. The molecular formula is C31H41NO7S. The number of carbonyl (C=O) groups is 1. The van der Waals surface area contributed by atoms with E-state index in [1.807, 2.05) is 49.4 Å². The molecule has 9 heteroatoms. The third-order valence-corrected chi connectivity index (χ3v) is 10.4. The van der Waals surface area contributed by atoms with Gasteiger partial charge in [-0.2, -0.15) is 4.31 Å². The Morgan fingerprint density at radius 1 is 1.10 bits per heavy atom. The van der Waals surface area contributed by atoms with Crippen molar-refractivity contribution in [2.24, 2.45) is 11.8 Å². The molecule has 0 saturated carbocycles. The van der Waals surface area contributed by atoms with Gasteiger partial charge >= 0.3 is 5.97 Å². The molecule has 8 nitrogen and oxygen atoms in total. The Balaban J connectivity index is 1.34. The Morgan fingerprint density at radius 3 is 2.73 bits per heavy atom. The first-order chi connectivity index (χ1) is 19.3. The molecule has 5 rings (SSSR count). The first-order valence-electron chi connectivity index (χ1n) is 14.6. The minimum Gasteiger partial charge on any atom is -0.459 e. The SMILES string of the molecule is Cc1ccc2c(c1)CCCCCCN(C[C@@H](O)[C@@H](CC(=O)O[C@H]1CO[C@H]3OCCC31)Cc1ccccc1)S2(=O)=O. The van der Waals surface area contributed by atoms with E-state index in [0.29, 0.717) is 37.5 Å². The molecular weight excluding hydrogens is 530 g/mol. The zero-order chi connectivity index (χ0) is 28.1. The highest BCUT2D eigenvalue weighted by molar-refractivity contribution is 7.89. The summed E-state index contributed by atoms with van der Waals surface area (Å²) >= 11 is 0. The minimum absolute atomic E-state index is 0.0194. The molecule has 0 amide bonds. The van der Waals surface area contributed by atoms with Crippen LogP contribution in [-0.4, -0.2) is 68.6 Å². The average Bonchev–Trinajstić information content (AvgIpc) is 3.55. The van der Waals surface area contributed by atoms with E-state index < -0.39 is 28.0 Å². The van der Waals surface area contributed by atoms with Crippen LogP contribution in [-0.2, 0) is 41.9 Å². The molecule has 2 saturated heterocycles. The van der Waals surface area contributed by atoms with E-state index in [-0.39, 0.29) is 31.3 Å². The van der Waals surface area contributed by atoms with Crippen LogP contribution in [0.25, 0.3) is 0 Å². The van der Waals surface area contributed by atoms with E-state index in [0.717, 1.165) is 48.8 Å². The van der Waals surface area contributed by atoms with Gasteiger partial charge in [0.15, 0.2) is 6.29 Å². The molecule has 2 aromatic carbocycles. The number of aliphatic hydroxyl groups is 1. The summed E-state index contributed by atoms with van der Waals surface area (Å²) in [5.41, 5.74) is 2.83. The van der Waals surface area contributed by atoms with E-state index in [9.17, 15) is 18.3 Å². The van der Waals surface area contributed by atoms with Crippen LogP contribution in [0.3, 0.4) is 0 Å². The standard InChI is InChI=1S/C31H41NO7S/c1-22-12-13-29-24(17-22)11-7-2-3-8-15-32(40(29,35)36)20-27(33)25(18-23-9-5-4-6-10-23)19-30(34)39-28-21-38-31-26(28)14-16-37-31/h4-6,9-10,12-13,17,25-28,31,33H,2-3,7-8,11,14-16,18-21H2,1H3/t25-,26?,27-,28+,31-/m1/s1. The summed E-state index contributed by atoms with van der Waals surface area (Å²) in [4.78, 5) is 13.5. The van der Waals surface area contributed by atoms with Crippen LogP contribution in [0.1, 0.15) is 55.2 Å². The molecule has 3 aliphatic heterocycles. The summed E-state index contributed by atoms with van der Waals surface area (Å²) in [6.07, 6.45) is 3.81. The summed E-state index contributed by atoms with van der Waals surface area (Å²) in [6, 6.07) is 15.2. The van der Waals surface area contributed by atoms with Crippen LogP contribution in [0.2, 0.25) is 0 Å². The smallest absolute Gasteiger partial charge is 0.306 e. The fraction of sp³-hybridized carbons (Fsp3) is 0.581. The number of sulfonamides is 1. The maximum absolute atomic E-state index is 13.9. The maximum atomic E-state index is 13.9. The Morgan fingerprint density at radius 2 is 1.90 bits per heavy atom. The largest absolute Gasteiger partial charge is 0.459 e. The Hall–Kier alpha value is -2.30. The summed E-state index contributed by atoms with van der Waals surface area (Å²) in [5.74, 6) is -0.897. The molecule has 0 bridgehead atoms. The van der Waals surface area contributed by atoms with Gasteiger partial charge in [-0.1, -0.05) is 60.9 Å². The number of esters is 1. The maximum Gasteiger partial charge on any atom is 0.306 e. The zero-order valence-electron chi connectivity index (χ0n) is 23.2. The number of hydrogen-bond donors (Lipinski definition) is 1. The van der Waals surface area contributed by atoms with Crippen molar-refractivity contribution < 1.29 is 32.5 Å². The quantitative estimate of drug-likeness (QED) is 0.478. The van der Waals surface area contributed by atoms with E-state index in [1.165, 1.54) is 4.31 Å². The summed E-state index contributed by atoms with van der Waals surface area (Å²) in [7, 11) is -3.83. The van der Waals surface area contributed by atoms with Crippen molar-refractivity contribution in [2.75, 3.05) is 26.3 Å². The van der Waals surface area contributed by atoms with Gasteiger partial charge in [-0.3, -0.25) is 4.79 Å². The zero-order valence-corrected chi connectivity index (χ0v) is 24.1. The fourth-order valence-electron chi connectivity index (χ4n) is 6.16. The first kappa shape index (κ1) is 29.2. The number of aliphatic hydroxyl groups excluding tert-OH is 1. The van der Waals surface area contributed by atoms with Crippen molar-refractivity contribution in [2.45, 2.75) is 81.7 Å². The van der Waals surface area contributed by atoms with Crippen molar-refractivity contribution >= 4 is 16.0 Å². The number of aryl methyl sites for hydroxylation is 2. The van der Waals surface area contributed by atoms with Gasteiger partial charge in [0.25, 0.3) is 0 Å². The molecule has 3 heterocycles. The van der Waals surface area contributed by atoms with Crippen LogP contribution in [0.15, 0.2) is 53.4 Å². The van der Waals surface area contributed by atoms with Crippen molar-refractivity contribution in [3.05, 3.63) is 65.2 Å². The predicted octanol–water partition coefficient (Wildman–Crippen LogP) is 4.02. The van der Waals surface area contributed by atoms with Crippen LogP contribution in [0.5, 0.6) is 0 Å². The summed E-state index contributed by atoms with van der Waals surface area (Å²) in [6.45, 7) is 3.12. The highest BCUT2D eigenvalue weighted by Crippen LogP contribution is 2.34. The molecule has 5 atom stereocenters. The highest BCUT2D eigenvalue weighted by Gasteiger charge is 2.44. The number of benzene rings is 2. The van der Waals surface area contributed by atoms with E-state index >= 15 is 0 Å². The second-order valence-electron chi connectivity index (χ2n) is 11.4. The second kappa shape index (κ2) is 13.1. The molecule has 2 aromatic rings. The third kappa shape index (κ3) is 6.94. The van der Waals surface area contributed by atoms with E-state index in [1.54, 1.807) is 6.07 Å². The molecule has 218 valence electrons. The van der Waals surface area contributed by atoms with Crippen LogP contribution in [0.4, 0.5) is 0 Å². The number of fused-ring (bicyclic) bond motifs is 2. The van der Waals surface area contributed by atoms with Crippen LogP contribution < -0.4 is 0 Å². The number of nitrogens with zero attached hydrogens (tertiary/aromatic N) is 1. The van der Waals surface area contributed by atoms with E-state index in [2.05, 4.69) is 0 Å². The van der Waals surface area contributed by atoms with Crippen LogP contribution in [0, 0.1) is 18.8 Å². The van der Waals surface area contributed by atoms with Crippen molar-refractivity contribution in [3.63, 3.8) is 0 Å². The van der Waals surface area contributed by atoms with Gasteiger partial charge in [0.1, 0.15) is 6.10 Å². The Kier molecular flexibility index (Phi) is 9.58. The van der Waals surface area contributed by atoms with Crippen LogP contribution >= 0.6 is 0 Å². The number of ether oxygens (including phenoxy) is 3. The van der Waals surface area contributed by atoms with E-state index in [4.69, 9.17) is 14.2 Å². The third-order valence-electron chi connectivity index (χ3n) is 8.41. The summed E-state index contributed by atoms with van der Waals surface area (Å²) < 4.78 is 46.2. The predicted molar refractivity (Wildman–Crippen MR) is 150 cm³/mol. The molecule has 1 unspecified atom stereocenters. The molecule has 0 aliphatic carbocycles. The summed E-state index contributed by atoms with van der Waals surface area (Å²) in [5, 5.41) is 11.5. The topological polar surface area (TPSA) is 102 Å². The van der Waals surface area contributed by atoms with Crippen molar-refractivity contribution in [1.82, 2.24) is 4.31 Å². The molecule has 1 N–H and O–H groups in total. The second-order valence-corrected chi connectivity index (χ2v) is 13.3. The lowest BCUT2D eigenvalue weighted by atomic mass is 9.90. The molecule has 3 aliphatic rings. The molecule has 0 radical (unpaired) electrons. The lowest BCUT2D eigenvalue weighted by Gasteiger charge is -2.30. The van der Waals surface area contributed by atoms with Gasteiger partial charge in [-0.15, -0.1) is 0 Å². The first-order valence-corrected chi connectivity index (χ1v) is 16.0. The molecule has 40 heavy (non-hydrogen) atoms. The molecule has 0 spiro atoms. The van der Waals surface area contributed by atoms with Gasteiger partial charge in [0, 0.05) is 19.0 Å². The van der Waals surface area contributed by atoms with Gasteiger partial charge in [-0.05, 0) is 56.2 Å². The normalized spacial score (nSPS) is 26.4. The van der Waals surface area contributed by atoms with Crippen molar-refractivity contribution in [3.8, 4) is 0 Å². The lowest BCUT2D eigenvalue weighted by molar-refractivity contribution is -0.153. The average molecular weight is 572 g/mol. The minimum atomic E-state index is -3.83. The fourth-order valence-corrected chi connectivity index (χ4v) is 7.89. The Bertz CT molecular complexity index is 1250. The van der Waals surface area contributed by atoms with Gasteiger partial charge in [0.2, 0.25) is 10.0 Å². The lowest BCUT2D eigenvalue weighted by Crippen LogP contribution is -2.42. The number of hydrogen-bond acceptors (Lipinski definition) is 7. The molecule has 0 aromatic heterocycles. The van der Waals surface area contributed by atoms with Crippen molar-refractivity contribution in [1.29, 1.82) is 0 Å². The van der Waals surface area contributed by atoms with Gasteiger partial charge < -0.3 is 19.3 Å². The molecule has 2 fully saturated rings. The number of carbonyl (C=O) groups excluding carboxylic acids is 1. The Labute approximate surface area is 237 Å².